The van der Waals surface area contributed by atoms with E-state index in [4.69, 9.17) is 0 Å². The SMILES string of the molecule is Cc1ccccc1.O=S([O-])OCc1ccccc1. The molecule has 2 aromatic carbocycles. The summed E-state index contributed by atoms with van der Waals surface area (Å²) in [5, 5.41) is 0. The van der Waals surface area contributed by atoms with Gasteiger partial charge in [-0.15, -0.1) is 0 Å². The topological polar surface area (TPSA) is 49.4 Å². The molecule has 4 heteroatoms. The summed E-state index contributed by atoms with van der Waals surface area (Å²) >= 11 is -2.42. The van der Waals surface area contributed by atoms with Gasteiger partial charge in [0.2, 0.25) is 0 Å². The average molecular weight is 263 g/mol. The largest absolute Gasteiger partial charge is 0.750 e. The number of aryl methyl sites for hydroxylation is 1. The summed E-state index contributed by atoms with van der Waals surface area (Å²) in [5.41, 5.74) is 2.17. The van der Waals surface area contributed by atoms with E-state index < -0.39 is 11.4 Å². The Hall–Kier alpha value is -1.49. The predicted molar refractivity (Wildman–Crippen MR) is 71.3 cm³/mol. The minimum absolute atomic E-state index is 0.108. The fraction of sp³-hybridized carbons (Fsp3) is 0.143. The van der Waals surface area contributed by atoms with Gasteiger partial charge in [-0.1, -0.05) is 66.2 Å². The summed E-state index contributed by atoms with van der Waals surface area (Å²) in [4.78, 5) is 0. The van der Waals surface area contributed by atoms with Crippen LogP contribution in [0, 0.1) is 6.92 Å². The van der Waals surface area contributed by atoms with Gasteiger partial charge in [-0.3, -0.25) is 4.18 Å². The van der Waals surface area contributed by atoms with Crippen LogP contribution in [-0.4, -0.2) is 8.76 Å². The van der Waals surface area contributed by atoms with Gasteiger partial charge in [-0.05, 0) is 12.5 Å². The Morgan fingerprint density at radius 1 is 1.00 bits per heavy atom. The Balaban J connectivity index is 0.000000199. The molecule has 0 saturated carbocycles. The zero-order chi connectivity index (χ0) is 13.2. The maximum absolute atomic E-state index is 9.95. The van der Waals surface area contributed by atoms with Crippen LogP contribution in [0.2, 0.25) is 0 Å². The second-order valence-electron chi connectivity index (χ2n) is 3.61. The fourth-order valence-corrected chi connectivity index (χ4v) is 1.46. The van der Waals surface area contributed by atoms with E-state index >= 15 is 0 Å². The molecule has 2 rings (SSSR count). The lowest BCUT2D eigenvalue weighted by atomic mass is 10.2. The molecule has 0 radical (unpaired) electrons. The highest BCUT2D eigenvalue weighted by molar-refractivity contribution is 7.74. The summed E-state index contributed by atoms with van der Waals surface area (Å²) in [7, 11) is 0. The second-order valence-corrected chi connectivity index (χ2v) is 4.25. The third-order valence-corrected chi connectivity index (χ3v) is 2.42. The van der Waals surface area contributed by atoms with Crippen LogP contribution in [0.15, 0.2) is 60.7 Å². The van der Waals surface area contributed by atoms with E-state index in [0.717, 1.165) is 5.56 Å². The van der Waals surface area contributed by atoms with E-state index in [0.29, 0.717) is 0 Å². The van der Waals surface area contributed by atoms with Gasteiger partial charge in [-0.2, -0.15) is 0 Å². The molecule has 1 atom stereocenters. The number of hydrogen-bond acceptors (Lipinski definition) is 3. The first-order valence-corrected chi connectivity index (χ1v) is 6.46. The molecule has 2 aromatic rings. The van der Waals surface area contributed by atoms with Gasteiger partial charge < -0.3 is 4.55 Å². The van der Waals surface area contributed by atoms with Gasteiger partial charge in [0.05, 0.1) is 18.0 Å². The van der Waals surface area contributed by atoms with Gasteiger partial charge in [-0.25, -0.2) is 4.21 Å². The highest BCUT2D eigenvalue weighted by Gasteiger charge is 1.89. The van der Waals surface area contributed by atoms with Crippen molar-refractivity contribution < 1.29 is 12.9 Å². The number of benzene rings is 2. The van der Waals surface area contributed by atoms with Crippen molar-refractivity contribution in [3.8, 4) is 0 Å². The average Bonchev–Trinajstić information content (AvgIpc) is 2.39. The molecule has 0 heterocycles. The first-order valence-electron chi connectivity index (χ1n) is 5.46. The van der Waals surface area contributed by atoms with Gasteiger partial charge in [0.15, 0.2) is 0 Å². The molecule has 18 heavy (non-hydrogen) atoms. The lowest BCUT2D eigenvalue weighted by Gasteiger charge is -2.04. The molecule has 96 valence electrons. The van der Waals surface area contributed by atoms with E-state index in [-0.39, 0.29) is 6.61 Å². The molecular weight excluding hydrogens is 248 g/mol. The van der Waals surface area contributed by atoms with Crippen LogP contribution in [0.4, 0.5) is 0 Å². The minimum atomic E-state index is -2.42. The summed E-state index contributed by atoms with van der Waals surface area (Å²) in [6.45, 7) is 2.19. The zero-order valence-electron chi connectivity index (χ0n) is 10.1. The van der Waals surface area contributed by atoms with Crippen LogP contribution in [0.5, 0.6) is 0 Å². The summed E-state index contributed by atoms with van der Waals surface area (Å²) in [6.07, 6.45) is 0. The Morgan fingerprint density at radius 3 is 1.89 bits per heavy atom. The van der Waals surface area contributed by atoms with Crippen molar-refractivity contribution >= 4 is 11.4 Å². The predicted octanol–water partition coefficient (Wildman–Crippen LogP) is 2.99. The first-order chi connectivity index (χ1) is 8.68. The van der Waals surface area contributed by atoms with E-state index in [2.05, 4.69) is 23.2 Å². The highest BCUT2D eigenvalue weighted by Crippen LogP contribution is 2.00. The van der Waals surface area contributed by atoms with Crippen LogP contribution in [0.3, 0.4) is 0 Å². The van der Waals surface area contributed by atoms with Crippen LogP contribution in [0.1, 0.15) is 11.1 Å². The lowest BCUT2D eigenvalue weighted by Crippen LogP contribution is -1.95. The molecule has 0 N–H and O–H groups in total. The van der Waals surface area contributed by atoms with Gasteiger partial charge in [0.25, 0.3) is 0 Å². The molecule has 0 fully saturated rings. The zero-order valence-corrected chi connectivity index (χ0v) is 10.9. The Bertz CT molecular complexity index is 457. The standard InChI is InChI=1S/C7H8O3S.C7H8/c8-11(9)10-6-7-4-2-1-3-5-7;1-7-5-3-2-4-6-7/h1-5H,6H2,(H,8,9);2-6H,1H3/p-1. The van der Waals surface area contributed by atoms with Crippen LogP contribution < -0.4 is 0 Å². The first kappa shape index (κ1) is 14.6. The summed E-state index contributed by atoms with van der Waals surface area (Å²) in [6, 6.07) is 19.4. The monoisotopic (exact) mass is 263 g/mol. The van der Waals surface area contributed by atoms with E-state index in [9.17, 15) is 8.76 Å². The van der Waals surface area contributed by atoms with Crippen LogP contribution in [0.25, 0.3) is 0 Å². The second kappa shape index (κ2) is 8.58. The molecule has 0 aliphatic heterocycles. The third-order valence-electron chi connectivity index (χ3n) is 2.11. The molecule has 0 aliphatic carbocycles. The van der Waals surface area contributed by atoms with Crippen LogP contribution >= 0.6 is 0 Å². The third kappa shape index (κ3) is 6.96. The minimum Gasteiger partial charge on any atom is -0.750 e. The van der Waals surface area contributed by atoms with Crippen molar-refractivity contribution in [2.45, 2.75) is 13.5 Å². The normalized spacial score (nSPS) is 11.2. The quantitative estimate of drug-likeness (QED) is 0.800. The van der Waals surface area contributed by atoms with Crippen molar-refractivity contribution in [3.05, 3.63) is 71.8 Å². The van der Waals surface area contributed by atoms with Crippen molar-refractivity contribution in [1.29, 1.82) is 0 Å². The van der Waals surface area contributed by atoms with Gasteiger partial charge in [0.1, 0.15) is 0 Å². The number of rotatable bonds is 3. The van der Waals surface area contributed by atoms with E-state index in [1.165, 1.54) is 5.56 Å². The van der Waals surface area contributed by atoms with Crippen molar-refractivity contribution in [2.75, 3.05) is 0 Å². The molecule has 0 saturated heterocycles. The highest BCUT2D eigenvalue weighted by atomic mass is 32.2. The van der Waals surface area contributed by atoms with Crippen LogP contribution in [-0.2, 0) is 22.2 Å². The van der Waals surface area contributed by atoms with Crippen molar-refractivity contribution in [3.63, 3.8) is 0 Å². The molecule has 0 bridgehead atoms. The van der Waals surface area contributed by atoms with E-state index in [1.54, 1.807) is 12.1 Å². The molecule has 0 amide bonds. The summed E-state index contributed by atoms with van der Waals surface area (Å²) < 4.78 is 24.2. The van der Waals surface area contributed by atoms with E-state index in [1.807, 2.05) is 36.4 Å². The molecule has 1 unspecified atom stereocenters. The maximum atomic E-state index is 9.95. The smallest absolute Gasteiger partial charge is 0.0879 e. The number of hydrogen-bond donors (Lipinski definition) is 0. The molecule has 3 nitrogen and oxygen atoms in total. The lowest BCUT2D eigenvalue weighted by molar-refractivity contribution is 0.291. The molecule has 0 spiro atoms. The van der Waals surface area contributed by atoms with Gasteiger partial charge >= 0.3 is 0 Å². The molecule has 0 aromatic heterocycles. The Kier molecular flexibility index (Phi) is 6.94. The van der Waals surface area contributed by atoms with Gasteiger partial charge in [0, 0.05) is 0 Å². The van der Waals surface area contributed by atoms with Crippen molar-refractivity contribution in [1.82, 2.24) is 0 Å². The summed E-state index contributed by atoms with van der Waals surface area (Å²) in [5.74, 6) is 0. The molecular formula is C14H15O3S-. The Morgan fingerprint density at radius 2 is 1.50 bits per heavy atom. The van der Waals surface area contributed by atoms with Crippen molar-refractivity contribution in [2.24, 2.45) is 0 Å². The maximum Gasteiger partial charge on any atom is 0.0879 e. The molecule has 0 aliphatic rings. The Labute approximate surface area is 110 Å². The fourth-order valence-electron chi connectivity index (χ4n) is 1.22.